The lowest BCUT2D eigenvalue weighted by molar-refractivity contribution is -0.141. The summed E-state index contributed by atoms with van der Waals surface area (Å²) in [6, 6.07) is 1.39. The quantitative estimate of drug-likeness (QED) is 0.897. The Kier molecular flexibility index (Phi) is 4.82. The average molecular weight is 307 g/mol. The zero-order valence-electron chi connectivity index (χ0n) is 11.2. The molecule has 1 N–H and O–H groups in total. The van der Waals surface area contributed by atoms with E-state index in [4.69, 9.17) is 5.11 Å². The van der Waals surface area contributed by atoms with Gasteiger partial charge in [-0.05, 0) is 18.6 Å². The molecule has 5 nitrogen and oxygen atoms in total. The number of aryl methyl sites for hydroxylation is 1. The first-order valence-corrected chi connectivity index (χ1v) is 7.16. The maximum absolute atomic E-state index is 13.6. The molecule has 20 heavy (non-hydrogen) atoms. The Bertz CT molecular complexity index is 631. The zero-order valence-corrected chi connectivity index (χ0v) is 12.0. The minimum absolute atomic E-state index is 0.00958. The van der Waals surface area contributed by atoms with Gasteiger partial charge in [0.2, 0.25) is 10.0 Å². The topological polar surface area (TPSA) is 74.7 Å². The second kappa shape index (κ2) is 5.84. The van der Waals surface area contributed by atoms with E-state index in [0.29, 0.717) is 6.07 Å². The summed E-state index contributed by atoms with van der Waals surface area (Å²) in [5.41, 5.74) is -0.00958. The fourth-order valence-electron chi connectivity index (χ4n) is 1.56. The summed E-state index contributed by atoms with van der Waals surface area (Å²) in [5.74, 6) is -4.16. The second-order valence-corrected chi connectivity index (χ2v) is 6.57. The van der Waals surface area contributed by atoms with E-state index >= 15 is 0 Å². The van der Waals surface area contributed by atoms with Crippen molar-refractivity contribution in [3.05, 3.63) is 29.3 Å². The molecule has 0 saturated heterocycles. The van der Waals surface area contributed by atoms with Crippen molar-refractivity contribution in [2.75, 3.05) is 13.6 Å². The predicted molar refractivity (Wildman–Crippen MR) is 67.7 cm³/mol. The summed E-state index contributed by atoms with van der Waals surface area (Å²) in [7, 11) is -3.06. The van der Waals surface area contributed by atoms with E-state index < -0.39 is 38.4 Å². The van der Waals surface area contributed by atoms with Gasteiger partial charge in [0.05, 0.1) is 5.92 Å². The molecule has 0 fully saturated rings. The number of nitrogens with zero attached hydrogens (tertiary/aromatic N) is 1. The van der Waals surface area contributed by atoms with Gasteiger partial charge < -0.3 is 5.11 Å². The largest absolute Gasteiger partial charge is 0.481 e. The number of sulfonamides is 1. The number of carbonyl (C=O) groups is 1. The molecule has 1 atom stereocenters. The first-order valence-electron chi connectivity index (χ1n) is 5.72. The number of carboxylic acid groups (broad SMARTS) is 1. The number of hydrogen-bond acceptors (Lipinski definition) is 3. The molecule has 1 unspecified atom stereocenters. The Labute approximate surface area is 115 Å². The van der Waals surface area contributed by atoms with Crippen molar-refractivity contribution in [2.45, 2.75) is 18.7 Å². The molecule has 0 heterocycles. The number of carboxylic acids is 1. The fraction of sp³-hybridized carbons (Fsp3) is 0.417. The van der Waals surface area contributed by atoms with Crippen LogP contribution in [0.1, 0.15) is 12.5 Å². The van der Waals surface area contributed by atoms with Crippen molar-refractivity contribution in [3.8, 4) is 0 Å². The van der Waals surface area contributed by atoms with Crippen molar-refractivity contribution in [1.82, 2.24) is 4.31 Å². The molecule has 1 aromatic carbocycles. The molecule has 0 aromatic heterocycles. The van der Waals surface area contributed by atoms with E-state index in [-0.39, 0.29) is 12.1 Å². The van der Waals surface area contributed by atoms with Crippen molar-refractivity contribution < 1.29 is 27.1 Å². The third-order valence-corrected chi connectivity index (χ3v) is 4.69. The Morgan fingerprint density at radius 2 is 1.90 bits per heavy atom. The van der Waals surface area contributed by atoms with Crippen LogP contribution >= 0.6 is 0 Å². The predicted octanol–water partition coefficient (Wildman–Crippen LogP) is 1.61. The lowest BCUT2D eigenvalue weighted by atomic mass is 10.2. The van der Waals surface area contributed by atoms with Gasteiger partial charge in [-0.15, -0.1) is 0 Å². The van der Waals surface area contributed by atoms with E-state index in [1.165, 1.54) is 13.8 Å². The molecule has 0 aliphatic rings. The number of aliphatic carboxylic acids is 1. The zero-order chi connectivity index (χ0) is 15.7. The van der Waals surface area contributed by atoms with Crippen LogP contribution in [0, 0.1) is 24.5 Å². The van der Waals surface area contributed by atoms with Crippen molar-refractivity contribution in [2.24, 2.45) is 5.92 Å². The molecular formula is C12H15F2NO4S. The Balaban J connectivity index is 3.17. The molecule has 8 heteroatoms. The van der Waals surface area contributed by atoms with Gasteiger partial charge in [0.1, 0.15) is 16.5 Å². The average Bonchev–Trinajstić information content (AvgIpc) is 2.33. The van der Waals surface area contributed by atoms with Gasteiger partial charge in [0.25, 0.3) is 0 Å². The van der Waals surface area contributed by atoms with Gasteiger partial charge >= 0.3 is 5.97 Å². The van der Waals surface area contributed by atoms with Gasteiger partial charge in [-0.1, -0.05) is 6.92 Å². The van der Waals surface area contributed by atoms with E-state index in [1.54, 1.807) is 0 Å². The highest BCUT2D eigenvalue weighted by molar-refractivity contribution is 7.89. The second-order valence-electron chi connectivity index (χ2n) is 4.56. The molecule has 0 spiro atoms. The van der Waals surface area contributed by atoms with Crippen LogP contribution < -0.4 is 0 Å². The summed E-state index contributed by atoms with van der Waals surface area (Å²) in [6.07, 6.45) is 0. The monoisotopic (exact) mass is 307 g/mol. The van der Waals surface area contributed by atoms with E-state index in [9.17, 15) is 22.0 Å². The van der Waals surface area contributed by atoms with Gasteiger partial charge in [-0.25, -0.2) is 17.2 Å². The molecule has 0 radical (unpaired) electrons. The number of halogens is 2. The summed E-state index contributed by atoms with van der Waals surface area (Å²) >= 11 is 0. The van der Waals surface area contributed by atoms with Crippen LogP contribution in [-0.4, -0.2) is 37.4 Å². The van der Waals surface area contributed by atoms with Crippen molar-refractivity contribution >= 4 is 16.0 Å². The van der Waals surface area contributed by atoms with Crippen molar-refractivity contribution in [3.63, 3.8) is 0 Å². The van der Waals surface area contributed by atoms with E-state index in [1.807, 2.05) is 0 Å². The summed E-state index contributed by atoms with van der Waals surface area (Å²) in [5, 5.41) is 8.76. The SMILES string of the molecule is Cc1cc(S(=O)(=O)N(C)CC(C)C(=O)O)c(F)cc1F. The third-order valence-electron chi connectivity index (χ3n) is 2.85. The van der Waals surface area contributed by atoms with Crippen LogP contribution in [0.4, 0.5) is 8.78 Å². The summed E-state index contributed by atoms with van der Waals surface area (Å²) in [4.78, 5) is 10.0. The normalized spacial score (nSPS) is 13.5. The molecule has 1 aromatic rings. The molecule has 0 aliphatic heterocycles. The van der Waals surface area contributed by atoms with Gasteiger partial charge in [0, 0.05) is 19.7 Å². The Morgan fingerprint density at radius 3 is 2.40 bits per heavy atom. The number of hydrogen-bond donors (Lipinski definition) is 1. The highest BCUT2D eigenvalue weighted by Crippen LogP contribution is 2.22. The van der Waals surface area contributed by atoms with E-state index in [0.717, 1.165) is 17.4 Å². The maximum Gasteiger partial charge on any atom is 0.307 e. The molecule has 0 aliphatic carbocycles. The molecule has 112 valence electrons. The third kappa shape index (κ3) is 3.31. The minimum Gasteiger partial charge on any atom is -0.481 e. The lowest BCUT2D eigenvalue weighted by Gasteiger charge is -2.19. The Hall–Kier alpha value is -1.54. The highest BCUT2D eigenvalue weighted by atomic mass is 32.2. The van der Waals surface area contributed by atoms with Gasteiger partial charge in [-0.3, -0.25) is 4.79 Å². The molecule has 1 rings (SSSR count). The molecule has 0 bridgehead atoms. The minimum atomic E-state index is -4.21. The van der Waals surface area contributed by atoms with E-state index in [2.05, 4.69) is 0 Å². The van der Waals surface area contributed by atoms with Crippen LogP contribution in [0.15, 0.2) is 17.0 Å². The fourth-order valence-corrected chi connectivity index (χ4v) is 2.94. The van der Waals surface area contributed by atoms with Crippen LogP contribution in [0.3, 0.4) is 0 Å². The lowest BCUT2D eigenvalue weighted by Crippen LogP contribution is -2.34. The van der Waals surface area contributed by atoms with Crippen LogP contribution in [0.5, 0.6) is 0 Å². The summed E-state index contributed by atoms with van der Waals surface area (Å²) < 4.78 is 51.8. The van der Waals surface area contributed by atoms with Crippen LogP contribution in [0.2, 0.25) is 0 Å². The van der Waals surface area contributed by atoms with Gasteiger partial charge in [-0.2, -0.15) is 4.31 Å². The van der Waals surface area contributed by atoms with Crippen LogP contribution in [-0.2, 0) is 14.8 Å². The molecule has 0 amide bonds. The molecular weight excluding hydrogens is 292 g/mol. The standard InChI is InChI=1S/C12H15F2NO4S/c1-7-4-11(10(14)5-9(7)13)20(18,19)15(3)6-8(2)12(16)17/h4-5,8H,6H2,1-3H3,(H,16,17). The first-order chi connectivity index (χ1) is 9.07. The highest BCUT2D eigenvalue weighted by Gasteiger charge is 2.28. The number of rotatable bonds is 5. The molecule has 0 saturated carbocycles. The smallest absolute Gasteiger partial charge is 0.307 e. The Morgan fingerprint density at radius 1 is 1.35 bits per heavy atom. The summed E-state index contributed by atoms with van der Waals surface area (Å²) in [6.45, 7) is 2.34. The first kappa shape index (κ1) is 16.5. The van der Waals surface area contributed by atoms with Crippen LogP contribution in [0.25, 0.3) is 0 Å². The number of benzene rings is 1. The maximum atomic E-state index is 13.6. The van der Waals surface area contributed by atoms with Gasteiger partial charge in [0.15, 0.2) is 0 Å². The van der Waals surface area contributed by atoms with Crippen molar-refractivity contribution in [1.29, 1.82) is 0 Å².